The van der Waals surface area contributed by atoms with Crippen molar-refractivity contribution in [1.82, 2.24) is 15.0 Å². The van der Waals surface area contributed by atoms with E-state index in [9.17, 15) is 0 Å². The molecule has 0 spiro atoms. The van der Waals surface area contributed by atoms with Crippen LogP contribution in [0, 0.1) is 0 Å². The van der Waals surface area contributed by atoms with Gasteiger partial charge in [-0.25, -0.2) is 0 Å². The van der Waals surface area contributed by atoms with Gasteiger partial charge in [0.25, 0.3) is 0 Å². The second-order valence-corrected chi connectivity index (χ2v) is 12.2. The van der Waals surface area contributed by atoms with E-state index in [1.165, 1.54) is 38.5 Å². The summed E-state index contributed by atoms with van der Waals surface area (Å²) in [5.74, 6) is -0.417. The summed E-state index contributed by atoms with van der Waals surface area (Å²) < 4.78 is 37.1. The van der Waals surface area contributed by atoms with Crippen LogP contribution in [0.15, 0.2) is 0 Å². The Labute approximate surface area is 225 Å². The lowest BCUT2D eigenvalue weighted by atomic mass is 9.96. The van der Waals surface area contributed by atoms with Crippen LogP contribution in [0.5, 0.6) is 6.01 Å². The van der Waals surface area contributed by atoms with Crippen LogP contribution in [0.4, 0.5) is 11.9 Å². The Balaban J connectivity index is 1.18. The van der Waals surface area contributed by atoms with Crippen molar-refractivity contribution >= 4 is 11.9 Å². The number of ether oxygens (including phenoxy) is 6. The number of nitrogens with zero attached hydrogens (tertiary/aromatic N) is 3. The van der Waals surface area contributed by atoms with Gasteiger partial charge in [0.2, 0.25) is 11.9 Å². The molecule has 2 saturated carbocycles. The molecule has 2 aliphatic carbocycles. The van der Waals surface area contributed by atoms with Crippen molar-refractivity contribution in [2.24, 2.45) is 0 Å². The summed E-state index contributed by atoms with van der Waals surface area (Å²) in [6.07, 6.45) is 9.90. The SMILES string of the molecule is CC1(C)O[C@H]2[C@@H](O1)[C@@H](COc1nc(NC3CCCCC3)nc(NC3CCCCC3)n1)O[C@@H]1OC(C)(C)O[C@@H]12. The number of hydrogen-bond donors (Lipinski definition) is 2. The van der Waals surface area contributed by atoms with Gasteiger partial charge in [-0.2, -0.15) is 15.0 Å². The molecule has 11 nitrogen and oxygen atoms in total. The second kappa shape index (κ2) is 10.6. The average molecular weight is 534 g/mol. The summed E-state index contributed by atoms with van der Waals surface area (Å²) in [7, 11) is 0. The van der Waals surface area contributed by atoms with Crippen LogP contribution in [0.3, 0.4) is 0 Å². The minimum absolute atomic E-state index is 0.184. The van der Waals surface area contributed by atoms with E-state index < -0.39 is 24.0 Å². The Bertz CT molecular complexity index is 929. The third-order valence-electron chi connectivity index (χ3n) is 8.12. The number of aromatic nitrogens is 3. The third-order valence-corrected chi connectivity index (χ3v) is 8.12. The molecule has 11 heteroatoms. The maximum Gasteiger partial charge on any atom is 0.323 e. The van der Waals surface area contributed by atoms with Crippen molar-refractivity contribution in [2.45, 2.75) is 146 Å². The van der Waals surface area contributed by atoms with E-state index in [1.807, 2.05) is 27.7 Å². The quantitative estimate of drug-likeness (QED) is 0.526. The predicted molar refractivity (Wildman–Crippen MR) is 139 cm³/mol. The van der Waals surface area contributed by atoms with E-state index in [1.54, 1.807) is 0 Å². The Morgan fingerprint density at radius 2 is 1.21 bits per heavy atom. The van der Waals surface area contributed by atoms with Crippen LogP contribution in [-0.2, 0) is 23.7 Å². The van der Waals surface area contributed by atoms with Gasteiger partial charge in [0.15, 0.2) is 17.9 Å². The number of fused-ring (bicyclic) bond motifs is 3. The highest BCUT2D eigenvalue weighted by Crippen LogP contribution is 2.44. The minimum atomic E-state index is -0.765. The van der Waals surface area contributed by atoms with Gasteiger partial charge in [-0.05, 0) is 53.4 Å². The molecule has 0 radical (unpaired) electrons. The van der Waals surface area contributed by atoms with E-state index in [0.717, 1.165) is 25.7 Å². The van der Waals surface area contributed by atoms with Crippen LogP contribution in [0.25, 0.3) is 0 Å². The van der Waals surface area contributed by atoms with Gasteiger partial charge in [0.1, 0.15) is 31.0 Å². The summed E-state index contributed by atoms with van der Waals surface area (Å²) in [5.41, 5.74) is 0. The molecule has 2 N–H and O–H groups in total. The number of anilines is 2. The van der Waals surface area contributed by atoms with Crippen molar-refractivity contribution in [2.75, 3.05) is 17.2 Å². The maximum atomic E-state index is 6.30. The maximum absolute atomic E-state index is 6.30. The molecule has 4 heterocycles. The largest absolute Gasteiger partial charge is 0.460 e. The fourth-order valence-electron chi connectivity index (χ4n) is 6.39. The molecule has 1 aromatic heterocycles. The zero-order valence-electron chi connectivity index (χ0n) is 23.1. The van der Waals surface area contributed by atoms with Gasteiger partial charge in [-0.15, -0.1) is 0 Å². The summed E-state index contributed by atoms with van der Waals surface area (Å²) in [5, 5.41) is 7.06. The molecule has 5 fully saturated rings. The Morgan fingerprint density at radius 3 is 1.82 bits per heavy atom. The van der Waals surface area contributed by atoms with Crippen LogP contribution in [-0.4, -0.2) is 75.9 Å². The fourth-order valence-corrected chi connectivity index (χ4v) is 6.39. The first-order valence-corrected chi connectivity index (χ1v) is 14.5. The molecule has 0 amide bonds. The first kappa shape index (κ1) is 26.4. The molecule has 6 rings (SSSR count). The number of hydrogen-bond acceptors (Lipinski definition) is 11. The summed E-state index contributed by atoms with van der Waals surface area (Å²) in [6, 6.07) is 1.01. The van der Waals surface area contributed by atoms with Crippen molar-refractivity contribution < 1.29 is 28.4 Å². The molecule has 3 saturated heterocycles. The predicted octanol–water partition coefficient (Wildman–Crippen LogP) is 4.14. The van der Waals surface area contributed by atoms with E-state index in [0.29, 0.717) is 24.0 Å². The standard InChI is InChI=1S/C27H43N5O6/c1-26(2)35-19-18(34-22-21(20(19)36-26)37-27(3,4)38-22)15-33-25-31-23(28-16-11-7-5-8-12-16)30-24(32-25)29-17-13-9-6-10-14-17/h16-22H,5-15H2,1-4H3,(H2,28,29,30,31,32)/t18-,19+,20+,21-,22-/m1/s1. The first-order chi connectivity index (χ1) is 18.2. The number of nitrogens with one attached hydrogen (secondary N) is 2. The lowest BCUT2D eigenvalue weighted by Gasteiger charge is -2.36. The smallest absolute Gasteiger partial charge is 0.323 e. The van der Waals surface area contributed by atoms with Gasteiger partial charge in [0.05, 0.1) is 0 Å². The van der Waals surface area contributed by atoms with Crippen LogP contribution in [0.1, 0.15) is 91.9 Å². The van der Waals surface area contributed by atoms with Crippen LogP contribution >= 0.6 is 0 Å². The highest BCUT2D eigenvalue weighted by molar-refractivity contribution is 5.37. The fraction of sp³-hybridized carbons (Fsp3) is 0.889. The Hall–Kier alpha value is -1.79. The van der Waals surface area contributed by atoms with Gasteiger partial charge in [-0.3, -0.25) is 0 Å². The highest BCUT2D eigenvalue weighted by atomic mass is 16.9. The first-order valence-electron chi connectivity index (χ1n) is 14.5. The van der Waals surface area contributed by atoms with E-state index in [4.69, 9.17) is 33.4 Å². The van der Waals surface area contributed by atoms with E-state index in [-0.39, 0.29) is 30.9 Å². The van der Waals surface area contributed by atoms with Crippen molar-refractivity contribution in [3.8, 4) is 6.01 Å². The normalized spacial score (nSPS) is 34.9. The molecule has 3 aliphatic heterocycles. The van der Waals surface area contributed by atoms with Crippen molar-refractivity contribution in [1.29, 1.82) is 0 Å². The molecule has 5 aliphatic rings. The molecule has 0 aromatic carbocycles. The molecular weight excluding hydrogens is 490 g/mol. The molecule has 212 valence electrons. The lowest BCUT2D eigenvalue weighted by molar-refractivity contribution is -0.238. The highest BCUT2D eigenvalue weighted by Gasteiger charge is 2.60. The molecule has 0 unspecified atom stereocenters. The second-order valence-electron chi connectivity index (χ2n) is 12.2. The summed E-state index contributed by atoms with van der Waals surface area (Å²) in [4.78, 5) is 14.0. The molecule has 0 bridgehead atoms. The molecular formula is C27H43N5O6. The summed E-state index contributed by atoms with van der Waals surface area (Å²) >= 11 is 0. The van der Waals surface area contributed by atoms with Crippen LogP contribution in [0.2, 0.25) is 0 Å². The molecule has 5 atom stereocenters. The zero-order chi connectivity index (χ0) is 26.3. The van der Waals surface area contributed by atoms with Gasteiger partial charge >= 0.3 is 6.01 Å². The topological polar surface area (TPSA) is 118 Å². The summed E-state index contributed by atoms with van der Waals surface area (Å²) in [6.45, 7) is 7.74. The van der Waals surface area contributed by atoms with Gasteiger partial charge in [0, 0.05) is 12.1 Å². The van der Waals surface area contributed by atoms with Crippen molar-refractivity contribution in [3.05, 3.63) is 0 Å². The molecule has 38 heavy (non-hydrogen) atoms. The Morgan fingerprint density at radius 1 is 0.684 bits per heavy atom. The number of rotatable bonds is 7. The van der Waals surface area contributed by atoms with Crippen molar-refractivity contribution in [3.63, 3.8) is 0 Å². The van der Waals surface area contributed by atoms with Gasteiger partial charge in [-0.1, -0.05) is 38.5 Å². The third kappa shape index (κ3) is 6.01. The lowest BCUT2D eigenvalue weighted by Crippen LogP contribution is -2.56. The van der Waals surface area contributed by atoms with Crippen LogP contribution < -0.4 is 15.4 Å². The average Bonchev–Trinajstić information content (AvgIpc) is 3.37. The molecule has 1 aromatic rings. The monoisotopic (exact) mass is 533 g/mol. The zero-order valence-corrected chi connectivity index (χ0v) is 23.1. The van der Waals surface area contributed by atoms with E-state index in [2.05, 4.69) is 20.6 Å². The van der Waals surface area contributed by atoms with E-state index >= 15 is 0 Å². The van der Waals surface area contributed by atoms with Gasteiger partial charge < -0.3 is 39.1 Å². The Kier molecular flexibility index (Phi) is 7.41. The minimum Gasteiger partial charge on any atom is -0.460 e.